The Morgan fingerprint density at radius 3 is 2.94 bits per heavy atom. The molecule has 1 fully saturated rings. The van der Waals surface area contributed by atoms with Crippen LogP contribution in [-0.2, 0) is 4.84 Å². The molecule has 1 aliphatic rings. The molecule has 4 nitrogen and oxygen atoms in total. The highest BCUT2D eigenvalue weighted by molar-refractivity contribution is 5.19. The maximum Gasteiger partial charge on any atom is 0.0941 e. The molecule has 0 saturated carbocycles. The van der Waals surface area contributed by atoms with Crippen molar-refractivity contribution in [1.29, 1.82) is 0 Å². The van der Waals surface area contributed by atoms with E-state index in [0.717, 1.165) is 19.6 Å². The number of hydrogen-bond acceptors (Lipinski definition) is 4. The number of benzene rings is 1. The van der Waals surface area contributed by atoms with Crippen molar-refractivity contribution < 1.29 is 9.94 Å². The molecular formula is C13H20N2O2. The molecule has 2 atom stereocenters. The molecular weight excluding hydrogens is 216 g/mol. The highest BCUT2D eigenvalue weighted by atomic mass is 16.7. The van der Waals surface area contributed by atoms with Crippen LogP contribution in [0.2, 0.25) is 0 Å². The van der Waals surface area contributed by atoms with Gasteiger partial charge in [0.05, 0.1) is 12.7 Å². The zero-order valence-electron chi connectivity index (χ0n) is 10.2. The summed E-state index contributed by atoms with van der Waals surface area (Å²) in [4.78, 5) is 5.54. The van der Waals surface area contributed by atoms with E-state index in [1.165, 1.54) is 5.56 Å². The Kier molecular flexibility index (Phi) is 4.50. The minimum Gasteiger partial charge on any atom is -0.391 e. The number of piperazine rings is 1. The third-order valence-corrected chi connectivity index (χ3v) is 2.84. The predicted octanol–water partition coefficient (Wildman–Crippen LogP) is 0.945. The average molecular weight is 236 g/mol. The number of nitrogens with zero attached hydrogens (tertiary/aromatic N) is 1. The van der Waals surface area contributed by atoms with Gasteiger partial charge in [0, 0.05) is 25.7 Å². The van der Waals surface area contributed by atoms with E-state index in [4.69, 9.17) is 4.84 Å². The normalized spacial score (nSPS) is 23.5. The van der Waals surface area contributed by atoms with E-state index in [1.54, 1.807) is 6.92 Å². The molecule has 1 saturated heterocycles. The van der Waals surface area contributed by atoms with Crippen LogP contribution in [0.1, 0.15) is 18.5 Å². The van der Waals surface area contributed by atoms with E-state index < -0.39 is 6.10 Å². The van der Waals surface area contributed by atoms with Crippen LogP contribution in [0.5, 0.6) is 0 Å². The van der Waals surface area contributed by atoms with Crippen LogP contribution in [-0.4, -0.2) is 42.5 Å². The second-order valence-corrected chi connectivity index (χ2v) is 4.45. The Morgan fingerprint density at radius 1 is 1.47 bits per heavy atom. The molecule has 1 aromatic carbocycles. The molecule has 2 unspecified atom stereocenters. The lowest BCUT2D eigenvalue weighted by atomic mass is 10.1. The minimum absolute atomic E-state index is 0.305. The summed E-state index contributed by atoms with van der Waals surface area (Å²) >= 11 is 0. The van der Waals surface area contributed by atoms with E-state index in [-0.39, 0.29) is 0 Å². The summed E-state index contributed by atoms with van der Waals surface area (Å²) < 4.78 is 0. The van der Waals surface area contributed by atoms with Gasteiger partial charge >= 0.3 is 0 Å². The third kappa shape index (κ3) is 3.78. The van der Waals surface area contributed by atoms with Crippen molar-refractivity contribution in [3.05, 3.63) is 35.9 Å². The van der Waals surface area contributed by atoms with E-state index in [1.807, 2.05) is 23.3 Å². The van der Waals surface area contributed by atoms with Gasteiger partial charge in [-0.3, -0.25) is 4.84 Å². The zero-order valence-corrected chi connectivity index (χ0v) is 10.2. The molecule has 0 aliphatic carbocycles. The van der Waals surface area contributed by atoms with E-state index in [9.17, 15) is 5.11 Å². The fraction of sp³-hybridized carbons (Fsp3) is 0.538. The molecule has 0 amide bonds. The fourth-order valence-electron chi connectivity index (χ4n) is 1.96. The monoisotopic (exact) mass is 236 g/mol. The molecule has 1 heterocycles. The second kappa shape index (κ2) is 6.12. The predicted molar refractivity (Wildman–Crippen MR) is 66.4 cm³/mol. The topological polar surface area (TPSA) is 44.7 Å². The Labute approximate surface area is 102 Å². The van der Waals surface area contributed by atoms with Gasteiger partial charge in [-0.1, -0.05) is 30.3 Å². The van der Waals surface area contributed by atoms with Crippen LogP contribution in [0, 0.1) is 0 Å². The first-order valence-corrected chi connectivity index (χ1v) is 6.10. The summed E-state index contributed by atoms with van der Waals surface area (Å²) in [5.74, 6) is 0. The van der Waals surface area contributed by atoms with Crippen molar-refractivity contribution in [2.24, 2.45) is 0 Å². The number of hydrogen-bond donors (Lipinski definition) is 2. The summed E-state index contributed by atoms with van der Waals surface area (Å²) in [6, 6.07) is 10.7. The molecule has 1 aromatic rings. The van der Waals surface area contributed by atoms with Crippen molar-refractivity contribution >= 4 is 0 Å². The van der Waals surface area contributed by atoms with Gasteiger partial charge in [0.25, 0.3) is 0 Å². The highest BCUT2D eigenvalue weighted by Gasteiger charge is 2.21. The standard InChI is InChI=1S/C13H20N2O2/c1-11(16)10-17-15-8-7-14-13(9-15)12-5-3-2-4-6-12/h2-6,11,13-14,16H,7-10H2,1H3. The van der Waals surface area contributed by atoms with Crippen molar-refractivity contribution in [3.63, 3.8) is 0 Å². The molecule has 0 aromatic heterocycles. The summed E-state index contributed by atoms with van der Waals surface area (Å²) in [7, 11) is 0. The van der Waals surface area contributed by atoms with Gasteiger partial charge in [0.15, 0.2) is 0 Å². The Hall–Kier alpha value is -0.940. The first kappa shape index (κ1) is 12.5. The van der Waals surface area contributed by atoms with Crippen molar-refractivity contribution in [1.82, 2.24) is 10.4 Å². The van der Waals surface area contributed by atoms with Gasteiger partial charge in [-0.05, 0) is 12.5 Å². The van der Waals surface area contributed by atoms with Gasteiger partial charge in [0.1, 0.15) is 0 Å². The maximum absolute atomic E-state index is 9.20. The van der Waals surface area contributed by atoms with Gasteiger partial charge in [0.2, 0.25) is 0 Å². The van der Waals surface area contributed by atoms with Crippen molar-refractivity contribution in [3.8, 4) is 0 Å². The number of hydroxylamine groups is 2. The second-order valence-electron chi connectivity index (χ2n) is 4.45. The fourth-order valence-corrected chi connectivity index (χ4v) is 1.96. The highest BCUT2D eigenvalue weighted by Crippen LogP contribution is 2.16. The lowest BCUT2D eigenvalue weighted by Gasteiger charge is -2.33. The number of rotatable bonds is 4. The van der Waals surface area contributed by atoms with Gasteiger partial charge in [-0.2, -0.15) is 5.06 Å². The smallest absolute Gasteiger partial charge is 0.0941 e. The van der Waals surface area contributed by atoms with Gasteiger partial charge in [-0.25, -0.2) is 0 Å². The van der Waals surface area contributed by atoms with Crippen LogP contribution in [0.25, 0.3) is 0 Å². The largest absolute Gasteiger partial charge is 0.391 e. The molecule has 4 heteroatoms. The third-order valence-electron chi connectivity index (χ3n) is 2.84. The molecule has 94 valence electrons. The first-order valence-electron chi connectivity index (χ1n) is 6.10. The summed E-state index contributed by atoms with van der Waals surface area (Å²) in [5.41, 5.74) is 1.28. The lowest BCUT2D eigenvalue weighted by Crippen LogP contribution is -2.46. The number of aliphatic hydroxyl groups excluding tert-OH is 1. The molecule has 1 aliphatic heterocycles. The first-order chi connectivity index (χ1) is 8.25. The molecule has 2 N–H and O–H groups in total. The van der Waals surface area contributed by atoms with Crippen LogP contribution >= 0.6 is 0 Å². The number of nitrogens with one attached hydrogen (secondary N) is 1. The molecule has 17 heavy (non-hydrogen) atoms. The molecule has 0 spiro atoms. The van der Waals surface area contributed by atoms with Gasteiger partial charge in [-0.15, -0.1) is 0 Å². The van der Waals surface area contributed by atoms with E-state index in [0.29, 0.717) is 12.6 Å². The maximum atomic E-state index is 9.20. The Morgan fingerprint density at radius 2 is 2.24 bits per heavy atom. The Balaban J connectivity index is 1.89. The molecule has 0 radical (unpaired) electrons. The SMILES string of the molecule is CC(O)CON1CCNC(c2ccccc2)C1. The average Bonchev–Trinajstić information content (AvgIpc) is 2.38. The molecule has 2 rings (SSSR count). The van der Waals surface area contributed by atoms with E-state index in [2.05, 4.69) is 17.4 Å². The molecule has 0 bridgehead atoms. The van der Waals surface area contributed by atoms with Crippen LogP contribution in [0.4, 0.5) is 0 Å². The van der Waals surface area contributed by atoms with Crippen molar-refractivity contribution in [2.75, 3.05) is 26.2 Å². The summed E-state index contributed by atoms with van der Waals surface area (Å²) in [6.07, 6.45) is -0.417. The van der Waals surface area contributed by atoms with Crippen LogP contribution in [0.15, 0.2) is 30.3 Å². The van der Waals surface area contributed by atoms with Crippen molar-refractivity contribution in [2.45, 2.75) is 19.1 Å². The van der Waals surface area contributed by atoms with Crippen LogP contribution in [0.3, 0.4) is 0 Å². The van der Waals surface area contributed by atoms with Gasteiger partial charge < -0.3 is 10.4 Å². The summed E-state index contributed by atoms with van der Waals surface area (Å²) in [5, 5.41) is 14.6. The minimum atomic E-state index is -0.417. The van der Waals surface area contributed by atoms with Crippen LogP contribution < -0.4 is 5.32 Å². The van der Waals surface area contributed by atoms with E-state index >= 15 is 0 Å². The lowest BCUT2D eigenvalue weighted by molar-refractivity contribution is -0.187. The zero-order chi connectivity index (χ0) is 12.1. The quantitative estimate of drug-likeness (QED) is 0.817. The summed E-state index contributed by atoms with van der Waals surface area (Å²) in [6.45, 7) is 4.67. The number of aliphatic hydroxyl groups is 1. The Bertz CT molecular complexity index is 329.